The first-order valence-electron chi connectivity index (χ1n) is 14.5. The lowest BCUT2D eigenvalue weighted by molar-refractivity contribution is 0.305. The van der Waals surface area contributed by atoms with Crippen molar-refractivity contribution < 1.29 is 28.4 Å². The number of aromatic amines is 3. The molecule has 0 fully saturated rings. The molecule has 0 unspecified atom stereocenters. The van der Waals surface area contributed by atoms with Gasteiger partial charge in [0, 0.05) is 7.92 Å². The largest absolute Gasteiger partial charge is 0.477 e. The lowest BCUT2D eigenvalue weighted by Gasteiger charge is -2.21. The van der Waals surface area contributed by atoms with Crippen molar-refractivity contribution >= 4 is 23.8 Å². The van der Waals surface area contributed by atoms with E-state index in [0.29, 0.717) is 74.9 Å². The quantitative estimate of drug-likeness (QED) is 0.157. The summed E-state index contributed by atoms with van der Waals surface area (Å²) in [5, 5.41) is 25.0. The van der Waals surface area contributed by atoms with E-state index in [9.17, 15) is 0 Å². The fraction of sp³-hybridized carbons (Fsp3) is 0.667. The summed E-state index contributed by atoms with van der Waals surface area (Å²) < 4.78 is 37.1. The van der Waals surface area contributed by atoms with E-state index in [1.54, 1.807) is 0 Å². The van der Waals surface area contributed by atoms with E-state index in [4.69, 9.17) is 28.4 Å². The van der Waals surface area contributed by atoms with Crippen molar-refractivity contribution in [1.29, 1.82) is 0 Å². The Morgan fingerprint density at radius 1 is 0.425 bits per heavy atom. The first-order chi connectivity index (χ1) is 19.6. The number of rotatable bonds is 21. The van der Waals surface area contributed by atoms with Crippen LogP contribution in [0.15, 0.2) is 0 Å². The van der Waals surface area contributed by atoms with Gasteiger partial charge in [0.15, 0.2) is 0 Å². The first-order valence-corrected chi connectivity index (χ1v) is 15.8. The molecule has 0 bridgehead atoms. The molecule has 0 spiro atoms. The van der Waals surface area contributed by atoms with Gasteiger partial charge in [0.25, 0.3) is 0 Å². The first kappa shape index (κ1) is 31.4. The van der Waals surface area contributed by atoms with Gasteiger partial charge in [-0.05, 0) is 38.5 Å². The van der Waals surface area contributed by atoms with Crippen LogP contribution in [-0.4, -0.2) is 70.2 Å². The van der Waals surface area contributed by atoms with E-state index in [-0.39, 0.29) is 0 Å². The van der Waals surface area contributed by atoms with Gasteiger partial charge < -0.3 is 28.4 Å². The van der Waals surface area contributed by atoms with Crippen LogP contribution >= 0.6 is 7.92 Å². The molecule has 0 atom stereocenters. The standard InChI is InChI=1S/C27H45N6O6P/c1-7-13-34-22-19(23(29-28-22)35-14-8-2)40(20-24(36-15-9-3)30-31-25(20)37-16-10-4)21-26(38-17-11-5)32-33-27(21)39-18-12-6/h7-18H2,1-6H3,(H,28,29)(H,30,31)(H,32,33). The van der Waals surface area contributed by atoms with Crippen LogP contribution in [0, 0.1) is 0 Å². The van der Waals surface area contributed by atoms with E-state index in [1.807, 2.05) is 0 Å². The summed E-state index contributed by atoms with van der Waals surface area (Å²) in [6.07, 6.45) is 4.92. The average molecular weight is 581 g/mol. The van der Waals surface area contributed by atoms with Gasteiger partial charge in [-0.3, -0.25) is 0 Å². The topological polar surface area (TPSA) is 141 Å². The Labute approximate surface area is 237 Å². The highest BCUT2D eigenvalue weighted by Crippen LogP contribution is 2.48. The number of nitrogens with one attached hydrogen (secondary N) is 3. The van der Waals surface area contributed by atoms with Gasteiger partial charge in [-0.1, -0.05) is 41.5 Å². The molecule has 0 amide bonds. The number of aromatic nitrogens is 6. The molecule has 0 aliphatic carbocycles. The van der Waals surface area contributed by atoms with Crippen molar-refractivity contribution in [2.45, 2.75) is 80.1 Å². The predicted octanol–water partition coefficient (Wildman–Crippen LogP) is 4.35. The second kappa shape index (κ2) is 16.8. The maximum absolute atomic E-state index is 6.20. The van der Waals surface area contributed by atoms with Crippen LogP contribution in [0.3, 0.4) is 0 Å². The Morgan fingerprint density at radius 2 is 0.675 bits per heavy atom. The van der Waals surface area contributed by atoms with Gasteiger partial charge in [0.1, 0.15) is 15.9 Å². The molecule has 3 aromatic heterocycles. The maximum Gasteiger partial charge on any atom is 0.245 e. The molecule has 0 aromatic carbocycles. The second-order valence-electron chi connectivity index (χ2n) is 9.05. The molecule has 3 aromatic rings. The fourth-order valence-corrected chi connectivity index (χ4v) is 6.19. The average Bonchev–Trinajstić information content (AvgIpc) is 3.68. The summed E-state index contributed by atoms with van der Waals surface area (Å²) in [5.41, 5.74) is 0. The van der Waals surface area contributed by atoms with Crippen LogP contribution in [-0.2, 0) is 0 Å². The Morgan fingerprint density at radius 3 is 0.925 bits per heavy atom. The summed E-state index contributed by atoms with van der Waals surface area (Å²) in [7, 11) is -1.59. The minimum absolute atomic E-state index is 0.437. The van der Waals surface area contributed by atoms with Crippen LogP contribution in [0.25, 0.3) is 0 Å². The van der Waals surface area contributed by atoms with E-state index < -0.39 is 7.92 Å². The van der Waals surface area contributed by atoms with Crippen molar-refractivity contribution in [2.75, 3.05) is 39.6 Å². The van der Waals surface area contributed by atoms with Gasteiger partial charge in [-0.25, -0.2) is 15.3 Å². The third-order valence-corrected chi connectivity index (χ3v) is 7.91. The van der Waals surface area contributed by atoms with Crippen molar-refractivity contribution in [3.05, 3.63) is 0 Å². The van der Waals surface area contributed by atoms with Crippen LogP contribution < -0.4 is 44.3 Å². The van der Waals surface area contributed by atoms with Crippen molar-refractivity contribution in [3.8, 4) is 35.3 Å². The molecule has 0 aliphatic heterocycles. The zero-order valence-electron chi connectivity index (χ0n) is 24.7. The van der Waals surface area contributed by atoms with Crippen LogP contribution in [0.4, 0.5) is 0 Å². The van der Waals surface area contributed by atoms with E-state index in [0.717, 1.165) is 54.4 Å². The molecule has 224 valence electrons. The summed E-state index contributed by atoms with van der Waals surface area (Å²) >= 11 is 0. The maximum atomic E-state index is 6.20. The molecule has 0 saturated heterocycles. The Balaban J connectivity index is 2.36. The highest BCUT2D eigenvalue weighted by atomic mass is 31.1. The summed E-state index contributed by atoms with van der Waals surface area (Å²) in [5.74, 6) is 2.83. The van der Waals surface area contributed by atoms with Crippen molar-refractivity contribution in [3.63, 3.8) is 0 Å². The van der Waals surface area contributed by atoms with Gasteiger partial charge >= 0.3 is 0 Å². The summed E-state index contributed by atoms with van der Waals surface area (Å²) in [4.78, 5) is 0. The predicted molar refractivity (Wildman–Crippen MR) is 156 cm³/mol. The fourth-order valence-electron chi connectivity index (χ4n) is 3.65. The monoisotopic (exact) mass is 580 g/mol. The Hall–Kier alpha value is -3.14. The molecule has 3 N–H and O–H groups in total. The number of hydrogen-bond donors (Lipinski definition) is 3. The third kappa shape index (κ3) is 7.74. The normalized spacial score (nSPS) is 11.2. The summed E-state index contributed by atoms with van der Waals surface area (Å²) in [6, 6.07) is 0. The summed E-state index contributed by atoms with van der Waals surface area (Å²) in [6.45, 7) is 15.3. The van der Waals surface area contributed by atoms with Gasteiger partial charge in [-0.2, -0.15) is 0 Å². The number of hydrogen-bond acceptors (Lipinski definition) is 9. The molecular weight excluding hydrogens is 535 g/mol. The van der Waals surface area contributed by atoms with Gasteiger partial charge in [-0.15, -0.1) is 15.3 Å². The van der Waals surface area contributed by atoms with E-state index in [2.05, 4.69) is 72.1 Å². The van der Waals surface area contributed by atoms with Gasteiger partial charge in [0.05, 0.1) is 39.6 Å². The van der Waals surface area contributed by atoms with Gasteiger partial charge in [0.2, 0.25) is 35.3 Å². The lowest BCUT2D eigenvalue weighted by Crippen LogP contribution is -2.27. The number of nitrogens with zero attached hydrogens (tertiary/aromatic N) is 3. The molecule has 40 heavy (non-hydrogen) atoms. The third-order valence-electron chi connectivity index (χ3n) is 5.38. The van der Waals surface area contributed by atoms with Crippen LogP contribution in [0.5, 0.6) is 35.3 Å². The van der Waals surface area contributed by atoms with Crippen LogP contribution in [0.1, 0.15) is 80.1 Å². The number of ether oxygens (including phenoxy) is 6. The molecule has 0 aliphatic rings. The Kier molecular flexibility index (Phi) is 13.2. The molecule has 12 nitrogen and oxygen atoms in total. The second-order valence-corrected chi connectivity index (χ2v) is 11.1. The zero-order valence-corrected chi connectivity index (χ0v) is 25.6. The smallest absolute Gasteiger partial charge is 0.245 e. The minimum Gasteiger partial charge on any atom is -0.477 e. The molecule has 13 heteroatoms. The molecule has 3 rings (SSSR count). The molecule has 0 radical (unpaired) electrons. The minimum atomic E-state index is -1.59. The van der Waals surface area contributed by atoms with E-state index >= 15 is 0 Å². The number of H-pyrrole nitrogens is 3. The van der Waals surface area contributed by atoms with Crippen LogP contribution in [0.2, 0.25) is 0 Å². The molecule has 3 heterocycles. The highest BCUT2D eigenvalue weighted by molar-refractivity contribution is 7.81. The SMILES string of the molecule is CCCOc1n[nH]c(OCCC)c1P(c1c(OCCC)n[nH]c1OCCC)c1c(OCCC)n[nH]c1OCCC. The molecule has 0 saturated carbocycles. The zero-order chi connectivity index (χ0) is 28.7. The highest BCUT2D eigenvalue weighted by Gasteiger charge is 2.40. The Bertz CT molecular complexity index is 918. The van der Waals surface area contributed by atoms with Crippen molar-refractivity contribution in [1.82, 2.24) is 30.6 Å². The molecular formula is C27H45N6O6P. The van der Waals surface area contributed by atoms with Crippen molar-refractivity contribution in [2.24, 2.45) is 0 Å². The lowest BCUT2D eigenvalue weighted by atomic mass is 10.5. The van der Waals surface area contributed by atoms with E-state index in [1.165, 1.54) is 0 Å².